The Morgan fingerprint density at radius 1 is 0.917 bits per heavy atom. The zero-order valence-electron chi connectivity index (χ0n) is 21.3. The molecule has 36 heavy (non-hydrogen) atoms. The highest BCUT2D eigenvalue weighted by Gasteiger charge is 2.32. The van der Waals surface area contributed by atoms with Gasteiger partial charge in [-0.2, -0.15) is 0 Å². The molecule has 9 N–H and O–H groups in total. The summed E-state index contributed by atoms with van der Waals surface area (Å²) in [6.07, 6.45) is 0.885. The predicted octanol–water partition coefficient (Wildman–Crippen LogP) is -0.349. The minimum Gasteiger partial charge on any atom is -0.480 e. The van der Waals surface area contributed by atoms with Gasteiger partial charge in [-0.1, -0.05) is 50.6 Å². The second-order valence-corrected chi connectivity index (χ2v) is 9.07. The van der Waals surface area contributed by atoms with Gasteiger partial charge >= 0.3 is 5.97 Å². The first-order chi connectivity index (χ1) is 17.0. The molecular weight excluding hydrogens is 466 g/mol. The van der Waals surface area contributed by atoms with Crippen molar-refractivity contribution in [3.8, 4) is 0 Å². The summed E-state index contributed by atoms with van der Waals surface area (Å²) in [6.45, 7) is 5.42. The van der Waals surface area contributed by atoms with Gasteiger partial charge in [-0.25, -0.2) is 4.79 Å². The van der Waals surface area contributed by atoms with Crippen LogP contribution in [-0.4, -0.2) is 70.7 Å². The monoisotopic (exact) mass is 507 g/mol. The first-order valence-electron chi connectivity index (χ1n) is 12.3. The maximum atomic E-state index is 13.2. The van der Waals surface area contributed by atoms with E-state index in [9.17, 15) is 29.4 Å². The maximum Gasteiger partial charge on any atom is 0.328 e. The van der Waals surface area contributed by atoms with E-state index in [4.69, 9.17) is 11.5 Å². The summed E-state index contributed by atoms with van der Waals surface area (Å²) in [7, 11) is 0. The molecule has 0 saturated carbocycles. The Morgan fingerprint density at radius 3 is 2.03 bits per heavy atom. The fraction of sp³-hybridized carbons (Fsp3) is 0.600. The smallest absolute Gasteiger partial charge is 0.328 e. The molecule has 0 aliphatic carbocycles. The third kappa shape index (κ3) is 10.3. The van der Waals surface area contributed by atoms with Crippen molar-refractivity contribution in [2.75, 3.05) is 6.54 Å². The maximum absolute atomic E-state index is 13.2. The largest absolute Gasteiger partial charge is 0.480 e. The number of aliphatic hydroxyl groups is 1. The number of amides is 3. The van der Waals surface area contributed by atoms with Crippen LogP contribution in [0.3, 0.4) is 0 Å². The molecule has 11 heteroatoms. The van der Waals surface area contributed by atoms with Gasteiger partial charge in [-0.15, -0.1) is 0 Å². The molecule has 0 aromatic heterocycles. The lowest BCUT2D eigenvalue weighted by Gasteiger charge is -2.26. The summed E-state index contributed by atoms with van der Waals surface area (Å²) in [4.78, 5) is 50.4. The highest BCUT2D eigenvalue weighted by Crippen LogP contribution is 2.09. The topological polar surface area (TPSA) is 197 Å². The summed E-state index contributed by atoms with van der Waals surface area (Å²) in [5.74, 6) is -3.35. The number of rotatable bonds is 16. The lowest BCUT2D eigenvalue weighted by molar-refractivity contribution is -0.145. The van der Waals surface area contributed by atoms with Gasteiger partial charge in [0.1, 0.15) is 12.1 Å². The molecule has 0 aliphatic heterocycles. The van der Waals surface area contributed by atoms with E-state index in [-0.39, 0.29) is 18.8 Å². The number of carboxylic acid groups (broad SMARTS) is 1. The molecule has 1 aromatic carbocycles. The molecule has 202 valence electrons. The van der Waals surface area contributed by atoms with Crippen molar-refractivity contribution in [3.63, 3.8) is 0 Å². The van der Waals surface area contributed by atoms with E-state index in [1.54, 1.807) is 30.3 Å². The molecule has 0 saturated heterocycles. The number of hydrogen-bond donors (Lipinski definition) is 7. The Morgan fingerprint density at radius 2 is 1.50 bits per heavy atom. The van der Waals surface area contributed by atoms with Gasteiger partial charge < -0.3 is 37.6 Å². The quantitative estimate of drug-likeness (QED) is 0.147. The molecule has 1 aromatic rings. The fourth-order valence-electron chi connectivity index (χ4n) is 3.52. The highest BCUT2D eigenvalue weighted by atomic mass is 16.4. The molecule has 11 nitrogen and oxygen atoms in total. The van der Waals surface area contributed by atoms with Crippen LogP contribution < -0.4 is 27.4 Å². The number of carbonyl (C=O) groups excluding carboxylic acids is 3. The van der Waals surface area contributed by atoms with E-state index < -0.39 is 54.0 Å². The number of aliphatic carboxylic acids is 1. The van der Waals surface area contributed by atoms with Crippen LogP contribution >= 0.6 is 0 Å². The summed E-state index contributed by atoms with van der Waals surface area (Å²) in [6, 6.07) is 4.40. The number of carbonyl (C=O) groups is 4. The van der Waals surface area contributed by atoms with Gasteiger partial charge in [0.2, 0.25) is 17.7 Å². The van der Waals surface area contributed by atoms with Crippen LogP contribution in [0.4, 0.5) is 0 Å². The average molecular weight is 508 g/mol. The van der Waals surface area contributed by atoms with Crippen LogP contribution in [0.2, 0.25) is 0 Å². The lowest BCUT2D eigenvalue weighted by Crippen LogP contribution is -2.59. The zero-order chi connectivity index (χ0) is 27.3. The van der Waals surface area contributed by atoms with Crippen molar-refractivity contribution in [2.45, 2.75) is 83.1 Å². The van der Waals surface area contributed by atoms with E-state index >= 15 is 0 Å². The van der Waals surface area contributed by atoms with Crippen molar-refractivity contribution in [1.29, 1.82) is 0 Å². The minimum atomic E-state index is -1.55. The number of nitrogens with two attached hydrogens (primary N) is 2. The van der Waals surface area contributed by atoms with Crippen LogP contribution in [0.1, 0.15) is 52.0 Å². The third-order valence-corrected chi connectivity index (χ3v) is 6.10. The molecule has 1 rings (SSSR count). The molecule has 0 spiro atoms. The summed E-state index contributed by atoms with van der Waals surface area (Å²) in [5, 5.41) is 26.7. The van der Waals surface area contributed by atoms with Crippen LogP contribution in [0.5, 0.6) is 0 Å². The van der Waals surface area contributed by atoms with Crippen LogP contribution in [0, 0.1) is 5.92 Å². The molecule has 0 fully saturated rings. The van der Waals surface area contributed by atoms with Gasteiger partial charge in [0.25, 0.3) is 0 Å². The molecule has 6 unspecified atom stereocenters. The SMILES string of the molecule is CCC(C)C(N)C(=O)NC(CCCCN)C(=O)NC(Cc1ccccc1)C(=O)NC(C(=O)O)C(C)O. The second-order valence-electron chi connectivity index (χ2n) is 9.07. The molecule has 0 bridgehead atoms. The fourth-order valence-corrected chi connectivity index (χ4v) is 3.52. The van der Waals surface area contributed by atoms with Crippen molar-refractivity contribution in [2.24, 2.45) is 17.4 Å². The summed E-state index contributed by atoms with van der Waals surface area (Å²) in [5.41, 5.74) is 12.3. The molecule has 0 heterocycles. The predicted molar refractivity (Wildman–Crippen MR) is 136 cm³/mol. The Hall–Kier alpha value is -3.02. The van der Waals surface area contributed by atoms with E-state index in [1.165, 1.54) is 6.92 Å². The standard InChI is InChI=1S/C25H41N5O6/c1-4-15(2)20(27)24(34)28-18(12-8-9-13-26)22(32)29-19(14-17-10-6-5-7-11-17)23(33)30-21(16(3)31)25(35)36/h5-7,10-11,15-16,18-21,31H,4,8-9,12-14,26-27H2,1-3H3,(H,28,34)(H,29,32)(H,30,33)(H,35,36). The number of aliphatic hydroxyl groups excluding tert-OH is 1. The van der Waals surface area contributed by atoms with Crippen molar-refractivity contribution < 1.29 is 29.4 Å². The minimum absolute atomic E-state index is 0.0699. The van der Waals surface area contributed by atoms with Gasteiger partial charge in [0, 0.05) is 6.42 Å². The van der Waals surface area contributed by atoms with Crippen molar-refractivity contribution in [3.05, 3.63) is 35.9 Å². The van der Waals surface area contributed by atoms with Gasteiger partial charge in [-0.3, -0.25) is 14.4 Å². The van der Waals surface area contributed by atoms with E-state index in [0.29, 0.717) is 25.8 Å². The number of carboxylic acids is 1. The van der Waals surface area contributed by atoms with E-state index in [1.807, 2.05) is 13.8 Å². The first-order valence-corrected chi connectivity index (χ1v) is 12.3. The Bertz CT molecular complexity index is 851. The van der Waals surface area contributed by atoms with Crippen molar-refractivity contribution in [1.82, 2.24) is 16.0 Å². The normalized spacial score (nSPS) is 16.1. The summed E-state index contributed by atoms with van der Waals surface area (Å²) >= 11 is 0. The molecule has 6 atom stereocenters. The van der Waals surface area contributed by atoms with Crippen LogP contribution in [0.25, 0.3) is 0 Å². The molecular formula is C25H41N5O6. The van der Waals surface area contributed by atoms with Gasteiger partial charge in [-0.05, 0) is 44.2 Å². The highest BCUT2D eigenvalue weighted by molar-refractivity contribution is 5.94. The lowest BCUT2D eigenvalue weighted by atomic mass is 9.98. The van der Waals surface area contributed by atoms with E-state index in [2.05, 4.69) is 16.0 Å². The van der Waals surface area contributed by atoms with Gasteiger partial charge in [0.05, 0.1) is 12.1 Å². The third-order valence-electron chi connectivity index (χ3n) is 6.10. The molecule has 3 amide bonds. The average Bonchev–Trinajstić information content (AvgIpc) is 2.85. The first kappa shape index (κ1) is 31.0. The Kier molecular flexibility index (Phi) is 13.7. The second kappa shape index (κ2) is 15.9. The van der Waals surface area contributed by atoms with E-state index in [0.717, 1.165) is 5.56 Å². The zero-order valence-corrected chi connectivity index (χ0v) is 21.3. The van der Waals surface area contributed by atoms with Crippen LogP contribution in [-0.2, 0) is 25.6 Å². The number of hydrogen-bond acceptors (Lipinski definition) is 7. The summed E-state index contributed by atoms with van der Waals surface area (Å²) < 4.78 is 0. The number of nitrogens with one attached hydrogen (secondary N) is 3. The van der Waals surface area contributed by atoms with Crippen LogP contribution in [0.15, 0.2) is 30.3 Å². The molecule has 0 aliphatic rings. The van der Waals surface area contributed by atoms with Gasteiger partial charge in [0.15, 0.2) is 6.04 Å². The number of benzene rings is 1. The Labute approximate surface area is 212 Å². The number of unbranched alkanes of at least 4 members (excludes halogenated alkanes) is 1. The Balaban J connectivity index is 3.12. The molecule has 0 radical (unpaired) electrons. The van der Waals surface area contributed by atoms with Crippen molar-refractivity contribution >= 4 is 23.7 Å².